The molecule has 1 unspecified atom stereocenters. The van der Waals surface area contributed by atoms with E-state index in [9.17, 15) is 9.59 Å². The van der Waals surface area contributed by atoms with Crippen molar-refractivity contribution in [2.75, 3.05) is 20.3 Å². The predicted molar refractivity (Wildman–Crippen MR) is 110 cm³/mol. The van der Waals surface area contributed by atoms with Crippen LogP contribution in [0.2, 0.25) is 0 Å². The summed E-state index contributed by atoms with van der Waals surface area (Å²) in [6, 6.07) is 2.70. The van der Waals surface area contributed by atoms with E-state index in [1.807, 2.05) is 19.9 Å². The van der Waals surface area contributed by atoms with Crippen molar-refractivity contribution in [2.45, 2.75) is 39.7 Å². The summed E-state index contributed by atoms with van der Waals surface area (Å²) in [7, 11) is 1.58. The SMILES string of the molecule is CCCC1=C(C(=O)OCC)C(c2cc(I)c(OC)c(OCC)c2)NC(=O)N1. The average molecular weight is 488 g/mol. The first-order valence-electron chi connectivity index (χ1n) is 8.94. The molecule has 1 aromatic rings. The van der Waals surface area contributed by atoms with Gasteiger partial charge in [0, 0.05) is 5.70 Å². The van der Waals surface area contributed by atoms with Crippen molar-refractivity contribution in [3.05, 3.63) is 32.5 Å². The number of esters is 1. The fourth-order valence-corrected chi connectivity index (χ4v) is 3.83. The van der Waals surface area contributed by atoms with Crippen LogP contribution in [-0.4, -0.2) is 32.3 Å². The van der Waals surface area contributed by atoms with Crippen LogP contribution >= 0.6 is 22.6 Å². The minimum Gasteiger partial charge on any atom is -0.492 e. The number of halogens is 1. The van der Waals surface area contributed by atoms with Crippen molar-refractivity contribution < 1.29 is 23.8 Å². The van der Waals surface area contributed by atoms with Crippen molar-refractivity contribution in [1.29, 1.82) is 0 Å². The molecular weight excluding hydrogens is 463 g/mol. The van der Waals surface area contributed by atoms with Crippen LogP contribution in [0.4, 0.5) is 4.79 Å². The van der Waals surface area contributed by atoms with Crippen LogP contribution in [-0.2, 0) is 9.53 Å². The van der Waals surface area contributed by atoms with E-state index in [1.54, 1.807) is 20.1 Å². The van der Waals surface area contributed by atoms with Crippen molar-refractivity contribution in [2.24, 2.45) is 0 Å². The lowest BCUT2D eigenvalue weighted by molar-refractivity contribution is -0.139. The molecule has 0 aliphatic carbocycles. The summed E-state index contributed by atoms with van der Waals surface area (Å²) in [5, 5.41) is 5.59. The van der Waals surface area contributed by atoms with Crippen molar-refractivity contribution >= 4 is 34.6 Å². The number of carbonyl (C=O) groups excluding carboxylic acids is 2. The van der Waals surface area contributed by atoms with E-state index in [0.29, 0.717) is 35.8 Å². The van der Waals surface area contributed by atoms with E-state index in [4.69, 9.17) is 14.2 Å². The number of carbonyl (C=O) groups is 2. The molecule has 0 fully saturated rings. The maximum absolute atomic E-state index is 12.7. The highest BCUT2D eigenvalue weighted by Gasteiger charge is 2.34. The number of nitrogens with one attached hydrogen (secondary N) is 2. The molecule has 27 heavy (non-hydrogen) atoms. The van der Waals surface area contributed by atoms with E-state index in [-0.39, 0.29) is 12.6 Å². The molecule has 2 amide bonds. The molecule has 8 heteroatoms. The van der Waals surface area contributed by atoms with Gasteiger partial charge >= 0.3 is 12.0 Å². The molecule has 1 aliphatic rings. The zero-order valence-electron chi connectivity index (χ0n) is 16.0. The summed E-state index contributed by atoms with van der Waals surface area (Å²) in [6.45, 7) is 6.35. The first-order valence-corrected chi connectivity index (χ1v) is 10.0. The Bertz CT molecular complexity index is 748. The molecule has 0 saturated carbocycles. The van der Waals surface area contributed by atoms with E-state index >= 15 is 0 Å². The van der Waals surface area contributed by atoms with E-state index in [0.717, 1.165) is 15.6 Å². The maximum atomic E-state index is 12.7. The number of hydrogen-bond acceptors (Lipinski definition) is 5. The number of benzene rings is 1. The second-order valence-corrected chi connectivity index (χ2v) is 7.02. The highest BCUT2D eigenvalue weighted by Crippen LogP contribution is 2.38. The molecule has 2 rings (SSSR count). The molecule has 1 aromatic carbocycles. The second-order valence-electron chi connectivity index (χ2n) is 5.86. The van der Waals surface area contributed by atoms with E-state index in [1.165, 1.54) is 0 Å². The Balaban J connectivity index is 2.60. The lowest BCUT2D eigenvalue weighted by atomic mass is 9.93. The summed E-state index contributed by atoms with van der Waals surface area (Å²) in [5.74, 6) is 0.745. The molecule has 1 aliphatic heterocycles. The summed E-state index contributed by atoms with van der Waals surface area (Å²) in [6.07, 6.45) is 1.36. The van der Waals surface area contributed by atoms with Gasteiger partial charge in [0.05, 0.1) is 35.5 Å². The lowest BCUT2D eigenvalue weighted by Gasteiger charge is -2.30. The number of methoxy groups -OCH3 is 1. The number of rotatable bonds is 8. The van der Waals surface area contributed by atoms with Crippen LogP contribution in [0.5, 0.6) is 11.5 Å². The monoisotopic (exact) mass is 488 g/mol. The summed E-state index contributed by atoms with van der Waals surface area (Å²) in [5.41, 5.74) is 1.74. The van der Waals surface area contributed by atoms with Crippen molar-refractivity contribution in [3.8, 4) is 11.5 Å². The molecule has 2 N–H and O–H groups in total. The van der Waals surface area contributed by atoms with Crippen LogP contribution in [0.1, 0.15) is 45.2 Å². The number of allylic oxidation sites excluding steroid dienone is 1. The smallest absolute Gasteiger partial charge is 0.338 e. The topological polar surface area (TPSA) is 85.9 Å². The van der Waals surface area contributed by atoms with Crippen molar-refractivity contribution in [3.63, 3.8) is 0 Å². The van der Waals surface area contributed by atoms with Gasteiger partial charge in [-0.15, -0.1) is 0 Å². The molecular formula is C19H25IN2O5. The summed E-state index contributed by atoms with van der Waals surface area (Å²) >= 11 is 2.15. The molecule has 7 nitrogen and oxygen atoms in total. The minimum absolute atomic E-state index is 0.257. The van der Waals surface area contributed by atoms with Gasteiger partial charge in [0.15, 0.2) is 11.5 Å². The molecule has 1 heterocycles. The number of urea groups is 1. The first kappa shape index (κ1) is 21.3. The Hall–Kier alpha value is -1.97. The molecule has 0 radical (unpaired) electrons. The third-order valence-electron chi connectivity index (χ3n) is 4.02. The molecule has 1 atom stereocenters. The van der Waals surface area contributed by atoms with Gasteiger partial charge in [-0.3, -0.25) is 0 Å². The van der Waals surface area contributed by atoms with Crippen LogP contribution in [0.25, 0.3) is 0 Å². The Labute approximate surface area is 173 Å². The Morgan fingerprint density at radius 2 is 1.96 bits per heavy atom. The third kappa shape index (κ3) is 4.85. The third-order valence-corrected chi connectivity index (χ3v) is 4.82. The van der Waals surface area contributed by atoms with Gasteiger partial charge in [0.2, 0.25) is 0 Å². The molecule has 0 spiro atoms. The fourth-order valence-electron chi connectivity index (χ4n) is 2.98. The predicted octanol–water partition coefficient (Wildman–Crippen LogP) is 3.67. The van der Waals surface area contributed by atoms with Crippen LogP contribution in [0, 0.1) is 3.57 Å². The standard InChI is InChI=1S/C19H25IN2O5/c1-5-8-13-15(18(23)27-7-3)16(22-19(24)21-13)11-9-12(20)17(25-4)14(10-11)26-6-2/h9-10,16H,5-8H2,1-4H3,(H2,21,22,24). The number of amides is 2. The first-order chi connectivity index (χ1) is 13.0. The van der Waals surface area contributed by atoms with Crippen LogP contribution in [0.15, 0.2) is 23.4 Å². The van der Waals surface area contributed by atoms with E-state index in [2.05, 4.69) is 33.2 Å². The highest BCUT2D eigenvalue weighted by atomic mass is 127. The maximum Gasteiger partial charge on any atom is 0.338 e. The zero-order valence-corrected chi connectivity index (χ0v) is 18.1. The zero-order chi connectivity index (χ0) is 20.0. The van der Waals surface area contributed by atoms with E-state index < -0.39 is 12.0 Å². The summed E-state index contributed by atoms with van der Waals surface area (Å²) < 4.78 is 17.2. The van der Waals surface area contributed by atoms with Gasteiger partial charge in [-0.1, -0.05) is 13.3 Å². The minimum atomic E-state index is -0.627. The normalized spacial score (nSPS) is 16.5. The largest absolute Gasteiger partial charge is 0.492 e. The summed E-state index contributed by atoms with van der Waals surface area (Å²) in [4.78, 5) is 24.9. The Kier molecular flexibility index (Phi) is 7.76. The lowest BCUT2D eigenvalue weighted by Crippen LogP contribution is -2.46. The number of ether oxygens (including phenoxy) is 3. The number of hydrogen-bond donors (Lipinski definition) is 2. The second kappa shape index (κ2) is 9.82. The van der Waals surface area contributed by atoms with Gasteiger partial charge in [0.25, 0.3) is 0 Å². The van der Waals surface area contributed by atoms with Gasteiger partial charge in [0.1, 0.15) is 0 Å². The van der Waals surface area contributed by atoms with Gasteiger partial charge in [-0.05, 0) is 60.6 Å². The molecule has 148 valence electrons. The molecule has 0 aromatic heterocycles. The highest BCUT2D eigenvalue weighted by molar-refractivity contribution is 14.1. The fraction of sp³-hybridized carbons (Fsp3) is 0.474. The van der Waals surface area contributed by atoms with Crippen LogP contribution in [0.3, 0.4) is 0 Å². The van der Waals surface area contributed by atoms with Crippen LogP contribution < -0.4 is 20.1 Å². The van der Waals surface area contributed by atoms with Crippen molar-refractivity contribution in [1.82, 2.24) is 10.6 Å². The average Bonchev–Trinajstić information content (AvgIpc) is 2.61. The molecule has 0 bridgehead atoms. The quantitative estimate of drug-likeness (QED) is 0.431. The molecule has 0 saturated heterocycles. The van der Waals surface area contributed by atoms with Gasteiger partial charge < -0.3 is 24.8 Å². The van der Waals surface area contributed by atoms with Gasteiger partial charge in [-0.2, -0.15) is 0 Å². The Morgan fingerprint density at radius 1 is 1.22 bits per heavy atom. The van der Waals surface area contributed by atoms with Gasteiger partial charge in [-0.25, -0.2) is 9.59 Å². The Morgan fingerprint density at radius 3 is 2.56 bits per heavy atom.